The molecule has 0 spiro atoms. The SMILES string of the molecule is Cc1ccc(C(=O)C(=O)Nc2ccccc2SCCC#N)cc1. The van der Waals surface area contributed by atoms with Gasteiger partial charge in [0.15, 0.2) is 0 Å². The van der Waals surface area contributed by atoms with Crippen LogP contribution in [0.15, 0.2) is 53.4 Å². The Balaban J connectivity index is 2.09. The number of carbonyl (C=O) groups excluding carboxylic acids is 2. The molecule has 4 nitrogen and oxygen atoms in total. The lowest BCUT2D eigenvalue weighted by Gasteiger charge is -2.09. The van der Waals surface area contributed by atoms with Crippen molar-refractivity contribution in [2.75, 3.05) is 11.1 Å². The van der Waals surface area contributed by atoms with Gasteiger partial charge >= 0.3 is 0 Å². The van der Waals surface area contributed by atoms with Gasteiger partial charge in [-0.05, 0) is 19.1 Å². The highest BCUT2D eigenvalue weighted by atomic mass is 32.2. The number of ketones is 1. The molecule has 2 aromatic carbocycles. The number of hydrogen-bond donors (Lipinski definition) is 1. The van der Waals surface area contributed by atoms with E-state index in [1.54, 1.807) is 36.4 Å². The number of hydrogen-bond acceptors (Lipinski definition) is 4. The summed E-state index contributed by atoms with van der Waals surface area (Å²) in [4.78, 5) is 25.2. The molecule has 0 aliphatic heterocycles. The molecule has 23 heavy (non-hydrogen) atoms. The fourth-order valence-corrected chi connectivity index (χ4v) is 2.78. The highest BCUT2D eigenvalue weighted by Crippen LogP contribution is 2.27. The van der Waals surface area contributed by atoms with Gasteiger partial charge in [0.2, 0.25) is 0 Å². The summed E-state index contributed by atoms with van der Waals surface area (Å²) in [5.74, 6) is -0.598. The second kappa shape index (κ2) is 8.16. The maximum absolute atomic E-state index is 12.2. The van der Waals surface area contributed by atoms with Crippen molar-refractivity contribution in [2.24, 2.45) is 0 Å². The number of thioether (sulfide) groups is 1. The minimum atomic E-state index is -0.665. The number of nitrogens with one attached hydrogen (secondary N) is 1. The fraction of sp³-hybridized carbons (Fsp3) is 0.167. The minimum absolute atomic E-state index is 0.364. The van der Waals surface area contributed by atoms with Gasteiger partial charge in [-0.3, -0.25) is 9.59 Å². The average Bonchev–Trinajstić information content (AvgIpc) is 2.56. The Morgan fingerprint density at radius 2 is 1.83 bits per heavy atom. The number of rotatable bonds is 6. The van der Waals surface area contributed by atoms with Gasteiger partial charge in [0.05, 0.1) is 11.8 Å². The van der Waals surface area contributed by atoms with Crippen LogP contribution >= 0.6 is 11.8 Å². The topological polar surface area (TPSA) is 70.0 Å². The van der Waals surface area contributed by atoms with Crippen LogP contribution in [0.2, 0.25) is 0 Å². The molecule has 0 radical (unpaired) electrons. The Labute approximate surface area is 139 Å². The van der Waals surface area contributed by atoms with Gasteiger partial charge in [-0.15, -0.1) is 11.8 Å². The standard InChI is InChI=1S/C18H16N2O2S/c1-13-7-9-14(10-8-13)17(21)18(22)20-15-5-2-3-6-16(15)23-12-4-11-19/h2-3,5-10H,4,12H2,1H3,(H,20,22). The Morgan fingerprint density at radius 3 is 2.52 bits per heavy atom. The molecule has 1 N–H and O–H groups in total. The van der Waals surface area contributed by atoms with Crippen molar-refractivity contribution in [1.82, 2.24) is 0 Å². The molecule has 0 unspecified atom stereocenters. The van der Waals surface area contributed by atoms with Crippen molar-refractivity contribution in [3.8, 4) is 6.07 Å². The van der Waals surface area contributed by atoms with Gasteiger partial charge in [-0.2, -0.15) is 5.26 Å². The third kappa shape index (κ3) is 4.70. The van der Waals surface area contributed by atoms with Crippen LogP contribution in [0, 0.1) is 18.3 Å². The first-order valence-corrected chi connectivity index (χ1v) is 8.11. The number of carbonyl (C=O) groups is 2. The third-order valence-corrected chi connectivity index (χ3v) is 4.20. The van der Waals surface area contributed by atoms with Crippen LogP contribution in [-0.2, 0) is 4.79 Å². The van der Waals surface area contributed by atoms with Crippen molar-refractivity contribution < 1.29 is 9.59 Å². The molecular formula is C18H16N2O2S. The predicted molar refractivity (Wildman–Crippen MR) is 91.5 cm³/mol. The van der Waals surface area contributed by atoms with Crippen LogP contribution in [0.1, 0.15) is 22.3 Å². The first-order chi connectivity index (χ1) is 11.1. The highest BCUT2D eigenvalue weighted by molar-refractivity contribution is 7.99. The van der Waals surface area contributed by atoms with Crippen molar-refractivity contribution in [3.05, 3.63) is 59.7 Å². The van der Waals surface area contributed by atoms with Crippen molar-refractivity contribution in [3.63, 3.8) is 0 Å². The Morgan fingerprint density at radius 1 is 1.13 bits per heavy atom. The molecule has 0 aliphatic carbocycles. The Hall–Kier alpha value is -2.58. The van der Waals surface area contributed by atoms with Crippen molar-refractivity contribution >= 4 is 29.1 Å². The number of nitriles is 1. The van der Waals surface area contributed by atoms with Crippen LogP contribution in [0.3, 0.4) is 0 Å². The molecule has 0 aromatic heterocycles. The second-order valence-corrected chi connectivity index (χ2v) is 6.04. The molecule has 2 aromatic rings. The van der Waals surface area contributed by atoms with Gasteiger partial charge in [0.1, 0.15) is 0 Å². The van der Waals surface area contributed by atoms with E-state index in [1.165, 1.54) is 11.8 Å². The molecule has 0 atom stereocenters. The zero-order chi connectivity index (χ0) is 16.7. The maximum atomic E-state index is 12.2. The second-order valence-electron chi connectivity index (χ2n) is 4.90. The average molecular weight is 324 g/mol. The highest BCUT2D eigenvalue weighted by Gasteiger charge is 2.17. The van der Waals surface area contributed by atoms with E-state index in [1.807, 2.05) is 19.1 Å². The molecule has 5 heteroatoms. The van der Waals surface area contributed by atoms with E-state index < -0.39 is 11.7 Å². The number of anilines is 1. The Kier molecular flexibility index (Phi) is 5.95. The molecule has 0 bridgehead atoms. The van der Waals surface area contributed by atoms with Crippen molar-refractivity contribution in [1.29, 1.82) is 5.26 Å². The smallest absolute Gasteiger partial charge is 0.296 e. The molecule has 0 saturated carbocycles. The lowest BCUT2D eigenvalue weighted by Crippen LogP contribution is -2.23. The largest absolute Gasteiger partial charge is 0.318 e. The summed E-state index contributed by atoms with van der Waals surface area (Å²) in [6.07, 6.45) is 0.426. The molecule has 0 saturated heterocycles. The summed E-state index contributed by atoms with van der Waals surface area (Å²) >= 11 is 1.47. The summed E-state index contributed by atoms with van der Waals surface area (Å²) < 4.78 is 0. The van der Waals surface area contributed by atoms with Crippen LogP contribution < -0.4 is 5.32 Å². The summed E-state index contributed by atoms with van der Waals surface area (Å²) in [6, 6.07) is 16.2. The molecule has 116 valence electrons. The predicted octanol–water partition coefficient (Wildman–Crippen LogP) is 3.82. The number of nitrogens with zero attached hydrogens (tertiary/aromatic N) is 1. The number of benzene rings is 2. The summed E-state index contributed by atoms with van der Waals surface area (Å²) in [6.45, 7) is 1.92. The van der Waals surface area contributed by atoms with Crippen LogP contribution in [0.4, 0.5) is 5.69 Å². The van der Waals surface area contributed by atoms with E-state index in [9.17, 15) is 9.59 Å². The fourth-order valence-electron chi connectivity index (χ4n) is 1.92. The van der Waals surface area contributed by atoms with E-state index in [0.717, 1.165) is 10.5 Å². The summed E-state index contributed by atoms with van der Waals surface area (Å²) in [7, 11) is 0. The minimum Gasteiger partial charge on any atom is -0.318 e. The van der Waals surface area contributed by atoms with Gasteiger partial charge in [0.25, 0.3) is 11.7 Å². The van der Waals surface area contributed by atoms with E-state index in [0.29, 0.717) is 23.4 Å². The van der Waals surface area contributed by atoms with Gasteiger partial charge in [0, 0.05) is 22.6 Å². The molecule has 0 heterocycles. The lowest BCUT2D eigenvalue weighted by atomic mass is 10.1. The van der Waals surface area contributed by atoms with E-state index in [-0.39, 0.29) is 0 Å². The zero-order valence-electron chi connectivity index (χ0n) is 12.7. The van der Waals surface area contributed by atoms with E-state index >= 15 is 0 Å². The van der Waals surface area contributed by atoms with E-state index in [2.05, 4.69) is 11.4 Å². The normalized spacial score (nSPS) is 9.91. The first kappa shape index (κ1) is 16.8. The third-order valence-electron chi connectivity index (χ3n) is 3.13. The number of aryl methyl sites for hydroxylation is 1. The van der Waals surface area contributed by atoms with E-state index in [4.69, 9.17) is 5.26 Å². The molecule has 0 aliphatic rings. The van der Waals surface area contributed by atoms with Crippen molar-refractivity contribution in [2.45, 2.75) is 18.2 Å². The summed E-state index contributed by atoms with van der Waals surface area (Å²) in [5.41, 5.74) is 1.98. The van der Waals surface area contributed by atoms with Gasteiger partial charge in [-0.25, -0.2) is 0 Å². The number of amides is 1. The van der Waals surface area contributed by atoms with Gasteiger partial charge in [-0.1, -0.05) is 42.0 Å². The maximum Gasteiger partial charge on any atom is 0.296 e. The summed E-state index contributed by atoms with van der Waals surface area (Å²) in [5, 5.41) is 11.3. The Bertz CT molecular complexity index is 748. The first-order valence-electron chi connectivity index (χ1n) is 7.13. The molecule has 1 amide bonds. The zero-order valence-corrected chi connectivity index (χ0v) is 13.5. The van der Waals surface area contributed by atoms with Crippen LogP contribution in [-0.4, -0.2) is 17.4 Å². The quantitative estimate of drug-likeness (QED) is 0.379. The number of Topliss-reactive ketones (excluding diaryl/α,β-unsaturated/α-hetero) is 1. The van der Waals surface area contributed by atoms with Crippen LogP contribution in [0.25, 0.3) is 0 Å². The molecule has 2 rings (SSSR count). The molecular weight excluding hydrogens is 308 g/mol. The monoisotopic (exact) mass is 324 g/mol. The molecule has 0 fully saturated rings. The van der Waals surface area contributed by atoms with Crippen LogP contribution in [0.5, 0.6) is 0 Å². The number of para-hydroxylation sites is 1. The lowest BCUT2D eigenvalue weighted by molar-refractivity contribution is -0.112. The van der Waals surface area contributed by atoms with Gasteiger partial charge < -0.3 is 5.32 Å².